The van der Waals surface area contributed by atoms with Gasteiger partial charge in [-0.1, -0.05) is 36.4 Å². The number of halogens is 1. The van der Waals surface area contributed by atoms with Crippen LogP contribution in [0.4, 0.5) is 4.39 Å². The van der Waals surface area contributed by atoms with E-state index in [9.17, 15) is 8.60 Å². The lowest BCUT2D eigenvalue weighted by atomic mass is 10.2. The lowest BCUT2D eigenvalue weighted by Gasteiger charge is -2.02. The quantitative estimate of drug-likeness (QED) is 0.812. The normalized spacial score (nSPS) is 12.3. The molecular formula is C14H13FOS. The highest BCUT2D eigenvalue weighted by Gasteiger charge is 2.04. The van der Waals surface area contributed by atoms with E-state index in [2.05, 4.69) is 0 Å². The van der Waals surface area contributed by atoms with Crippen LogP contribution >= 0.6 is 0 Å². The van der Waals surface area contributed by atoms with Crippen molar-refractivity contribution < 1.29 is 8.60 Å². The Kier molecular flexibility index (Phi) is 4.04. The van der Waals surface area contributed by atoms with Gasteiger partial charge in [-0.05, 0) is 30.2 Å². The molecule has 0 heterocycles. The molecule has 1 nitrogen and oxygen atoms in total. The summed E-state index contributed by atoms with van der Waals surface area (Å²) < 4.78 is 24.9. The molecule has 0 N–H and O–H groups in total. The summed E-state index contributed by atoms with van der Waals surface area (Å²) in [5.41, 5.74) is 1.15. The summed E-state index contributed by atoms with van der Waals surface area (Å²) in [7, 11) is -1.13. The molecule has 1 atom stereocenters. The molecule has 3 heteroatoms. The molecule has 88 valence electrons. The van der Waals surface area contributed by atoms with Crippen LogP contribution in [0.15, 0.2) is 59.5 Å². The number of hydrogen-bond donors (Lipinski definition) is 0. The molecule has 0 fully saturated rings. The fraction of sp³-hybridized carbons (Fsp3) is 0.143. The molecule has 0 aromatic heterocycles. The second-order valence-electron chi connectivity index (χ2n) is 3.74. The number of hydrogen-bond acceptors (Lipinski definition) is 1. The van der Waals surface area contributed by atoms with E-state index in [-0.39, 0.29) is 5.82 Å². The molecule has 0 aliphatic heterocycles. The fourth-order valence-corrected chi connectivity index (χ4v) is 2.71. The molecule has 0 saturated heterocycles. The van der Waals surface area contributed by atoms with Crippen LogP contribution in [0.3, 0.4) is 0 Å². The number of rotatable bonds is 4. The molecule has 0 aliphatic rings. The number of benzene rings is 2. The molecule has 17 heavy (non-hydrogen) atoms. The van der Waals surface area contributed by atoms with Crippen LogP contribution in [0.2, 0.25) is 0 Å². The first-order valence-electron chi connectivity index (χ1n) is 5.43. The van der Waals surface area contributed by atoms with E-state index >= 15 is 0 Å². The highest BCUT2D eigenvalue weighted by atomic mass is 32.2. The minimum atomic E-state index is -1.13. The summed E-state index contributed by atoms with van der Waals surface area (Å²) in [6.07, 6.45) is 0.740. The van der Waals surface area contributed by atoms with Gasteiger partial charge in [-0.15, -0.1) is 0 Å². The van der Waals surface area contributed by atoms with E-state index in [4.69, 9.17) is 0 Å². The van der Waals surface area contributed by atoms with E-state index in [1.54, 1.807) is 12.1 Å². The van der Waals surface area contributed by atoms with Crippen LogP contribution in [0.25, 0.3) is 0 Å². The first-order chi connectivity index (χ1) is 8.25. The Balaban J connectivity index is 1.98. The molecule has 0 aliphatic carbocycles. The van der Waals surface area contributed by atoms with E-state index in [1.807, 2.05) is 30.3 Å². The maximum atomic E-state index is 13.0. The highest BCUT2D eigenvalue weighted by Crippen LogP contribution is 2.10. The van der Waals surface area contributed by atoms with Crippen molar-refractivity contribution in [3.8, 4) is 0 Å². The third-order valence-corrected chi connectivity index (χ3v) is 3.83. The standard InChI is InChI=1S/C14H13FOS/c15-13-7-4-8-14(11-13)17(16)10-9-12-5-2-1-3-6-12/h1-8,11H,9-10H2. The third-order valence-electron chi connectivity index (χ3n) is 2.48. The van der Waals surface area contributed by atoms with Gasteiger partial charge in [0.15, 0.2) is 0 Å². The van der Waals surface area contributed by atoms with Crippen molar-refractivity contribution in [2.75, 3.05) is 5.75 Å². The first kappa shape index (κ1) is 12.0. The summed E-state index contributed by atoms with van der Waals surface area (Å²) in [5.74, 6) is 0.184. The maximum Gasteiger partial charge on any atom is 0.124 e. The van der Waals surface area contributed by atoms with Crippen LogP contribution in [0.1, 0.15) is 5.56 Å². The van der Waals surface area contributed by atoms with Crippen molar-refractivity contribution in [3.05, 3.63) is 66.0 Å². The lowest BCUT2D eigenvalue weighted by molar-refractivity contribution is 0.622. The predicted molar refractivity (Wildman–Crippen MR) is 67.8 cm³/mol. The topological polar surface area (TPSA) is 17.1 Å². The summed E-state index contributed by atoms with van der Waals surface area (Å²) in [6, 6.07) is 15.9. The molecule has 2 aromatic rings. The molecular weight excluding hydrogens is 235 g/mol. The molecule has 1 unspecified atom stereocenters. The van der Waals surface area contributed by atoms with Crippen LogP contribution in [0, 0.1) is 5.82 Å². The zero-order valence-electron chi connectivity index (χ0n) is 9.30. The Morgan fingerprint density at radius 1 is 1.00 bits per heavy atom. The minimum absolute atomic E-state index is 0.337. The van der Waals surface area contributed by atoms with E-state index in [0.29, 0.717) is 10.6 Å². The molecule has 0 amide bonds. The van der Waals surface area contributed by atoms with Crippen LogP contribution in [-0.2, 0) is 17.2 Å². The average Bonchev–Trinajstić information content (AvgIpc) is 2.37. The highest BCUT2D eigenvalue weighted by molar-refractivity contribution is 7.85. The smallest absolute Gasteiger partial charge is 0.124 e. The maximum absolute atomic E-state index is 13.0. The Bertz CT molecular complexity index is 511. The van der Waals surface area contributed by atoms with Crippen molar-refractivity contribution >= 4 is 10.8 Å². The van der Waals surface area contributed by atoms with Gasteiger partial charge in [0, 0.05) is 10.6 Å². The van der Waals surface area contributed by atoms with Crippen molar-refractivity contribution in [1.29, 1.82) is 0 Å². The van der Waals surface area contributed by atoms with Gasteiger partial charge >= 0.3 is 0 Å². The Labute approximate surface area is 103 Å². The van der Waals surface area contributed by atoms with Gasteiger partial charge in [-0.2, -0.15) is 0 Å². The van der Waals surface area contributed by atoms with Gasteiger partial charge in [0.05, 0.1) is 10.8 Å². The van der Waals surface area contributed by atoms with Crippen molar-refractivity contribution in [3.63, 3.8) is 0 Å². The van der Waals surface area contributed by atoms with Crippen molar-refractivity contribution in [2.45, 2.75) is 11.3 Å². The fourth-order valence-electron chi connectivity index (χ4n) is 1.58. The van der Waals surface area contributed by atoms with E-state index < -0.39 is 10.8 Å². The van der Waals surface area contributed by atoms with E-state index in [0.717, 1.165) is 12.0 Å². The van der Waals surface area contributed by atoms with Crippen molar-refractivity contribution in [1.82, 2.24) is 0 Å². The molecule has 2 rings (SSSR count). The molecule has 0 bridgehead atoms. The molecule has 2 aromatic carbocycles. The van der Waals surface area contributed by atoms with Crippen LogP contribution in [0.5, 0.6) is 0 Å². The van der Waals surface area contributed by atoms with E-state index in [1.165, 1.54) is 12.1 Å². The van der Waals surface area contributed by atoms with Gasteiger partial charge in [0.1, 0.15) is 5.82 Å². The van der Waals surface area contributed by atoms with Gasteiger partial charge in [-0.25, -0.2) is 4.39 Å². The number of aryl methyl sites for hydroxylation is 1. The van der Waals surface area contributed by atoms with Crippen LogP contribution in [-0.4, -0.2) is 9.96 Å². The first-order valence-corrected chi connectivity index (χ1v) is 6.75. The summed E-state index contributed by atoms with van der Waals surface area (Å²) in [5, 5.41) is 0. The largest absolute Gasteiger partial charge is 0.254 e. The second kappa shape index (κ2) is 5.73. The van der Waals surface area contributed by atoms with Gasteiger partial charge < -0.3 is 0 Å². The van der Waals surface area contributed by atoms with Gasteiger partial charge in [-0.3, -0.25) is 4.21 Å². The zero-order valence-corrected chi connectivity index (χ0v) is 10.1. The Morgan fingerprint density at radius 3 is 2.47 bits per heavy atom. The Morgan fingerprint density at radius 2 is 1.76 bits per heavy atom. The SMILES string of the molecule is O=S(CCc1ccccc1)c1cccc(F)c1. The van der Waals surface area contributed by atoms with Gasteiger partial charge in [0.25, 0.3) is 0 Å². The molecule has 0 radical (unpaired) electrons. The zero-order chi connectivity index (χ0) is 12.1. The second-order valence-corrected chi connectivity index (χ2v) is 5.31. The molecule has 0 saturated carbocycles. The minimum Gasteiger partial charge on any atom is -0.254 e. The summed E-state index contributed by atoms with van der Waals surface area (Å²) in [4.78, 5) is 0.556. The molecule has 0 spiro atoms. The Hall–Kier alpha value is -1.48. The third kappa shape index (κ3) is 3.49. The monoisotopic (exact) mass is 248 g/mol. The van der Waals surface area contributed by atoms with Crippen molar-refractivity contribution in [2.24, 2.45) is 0 Å². The van der Waals surface area contributed by atoms with Crippen LogP contribution < -0.4 is 0 Å². The average molecular weight is 248 g/mol. The predicted octanol–water partition coefficient (Wildman–Crippen LogP) is 3.18. The lowest BCUT2D eigenvalue weighted by Crippen LogP contribution is -2.01. The summed E-state index contributed by atoms with van der Waals surface area (Å²) in [6.45, 7) is 0. The van der Waals surface area contributed by atoms with Gasteiger partial charge in [0.2, 0.25) is 0 Å². The summed E-state index contributed by atoms with van der Waals surface area (Å²) >= 11 is 0.